The fourth-order valence-electron chi connectivity index (χ4n) is 4.47. The smallest absolute Gasteiger partial charge is 0.271 e. The van der Waals surface area contributed by atoms with Crippen molar-refractivity contribution >= 4 is 33.4 Å². The molecule has 0 spiro atoms. The van der Waals surface area contributed by atoms with E-state index >= 15 is 0 Å². The van der Waals surface area contributed by atoms with Gasteiger partial charge < -0.3 is 14.8 Å². The molecule has 0 radical (unpaired) electrons. The third kappa shape index (κ3) is 3.82. The zero-order valence-electron chi connectivity index (χ0n) is 18.5. The molecule has 2 aromatic carbocycles. The van der Waals surface area contributed by atoms with Crippen LogP contribution in [0.5, 0.6) is 0 Å². The number of nitrogens with zero attached hydrogens (tertiary/aromatic N) is 2. The zero-order chi connectivity index (χ0) is 23.2. The molecule has 1 N–H and O–H groups in total. The van der Waals surface area contributed by atoms with Gasteiger partial charge in [0.2, 0.25) is 5.91 Å². The average molecular weight is 462 g/mol. The van der Waals surface area contributed by atoms with Crippen LogP contribution < -0.4 is 5.32 Å². The van der Waals surface area contributed by atoms with Crippen molar-refractivity contribution in [2.45, 2.75) is 39.0 Å². The van der Waals surface area contributed by atoms with Crippen molar-refractivity contribution in [2.75, 3.05) is 0 Å². The molecule has 2 aromatic heterocycles. The Morgan fingerprint density at radius 1 is 1.12 bits per heavy atom. The van der Waals surface area contributed by atoms with Gasteiger partial charge in [-0.1, -0.05) is 42.0 Å². The van der Waals surface area contributed by atoms with Crippen LogP contribution in [0, 0.1) is 12.7 Å². The van der Waals surface area contributed by atoms with Crippen molar-refractivity contribution in [3.05, 3.63) is 94.2 Å². The second-order valence-corrected chi connectivity index (χ2v) is 9.65. The fourth-order valence-corrected chi connectivity index (χ4v) is 5.37. The number of benzene rings is 2. The summed E-state index contributed by atoms with van der Waals surface area (Å²) in [6.45, 7) is 4.78. The number of carbonyl (C=O) groups excluding carboxylic acids is 2. The van der Waals surface area contributed by atoms with Gasteiger partial charge in [0.25, 0.3) is 5.91 Å². The molecule has 0 saturated heterocycles. The van der Waals surface area contributed by atoms with Crippen molar-refractivity contribution < 1.29 is 14.0 Å². The van der Waals surface area contributed by atoms with Crippen molar-refractivity contribution in [2.24, 2.45) is 0 Å². The summed E-state index contributed by atoms with van der Waals surface area (Å²) < 4.78 is 15.2. The molecule has 7 heteroatoms. The molecular formula is C26H24FN3O2S. The van der Waals surface area contributed by atoms with E-state index in [9.17, 15) is 14.0 Å². The summed E-state index contributed by atoms with van der Waals surface area (Å²) in [6, 6.07) is 17.9. The largest absolute Gasteiger partial charge is 0.350 e. The molecular weight excluding hydrogens is 437 g/mol. The topological polar surface area (TPSA) is 54.3 Å². The van der Waals surface area contributed by atoms with Crippen molar-refractivity contribution in [1.82, 2.24) is 14.8 Å². The van der Waals surface area contributed by atoms with Gasteiger partial charge in [0, 0.05) is 18.5 Å². The Kier molecular flexibility index (Phi) is 5.29. The first-order chi connectivity index (χ1) is 15.8. The highest BCUT2D eigenvalue weighted by Crippen LogP contribution is 2.35. The molecule has 0 unspecified atom stereocenters. The van der Waals surface area contributed by atoms with Crippen LogP contribution in [0.15, 0.2) is 66.0 Å². The minimum Gasteiger partial charge on any atom is -0.350 e. The lowest BCUT2D eigenvalue weighted by molar-refractivity contribution is -0.133. The number of hydrogen-bond acceptors (Lipinski definition) is 3. The lowest BCUT2D eigenvalue weighted by Gasteiger charge is -2.44. The summed E-state index contributed by atoms with van der Waals surface area (Å²) >= 11 is 1.57. The molecule has 5 rings (SSSR count). The second kappa shape index (κ2) is 8.15. The highest BCUT2D eigenvalue weighted by Gasteiger charge is 2.47. The number of hydrogen-bond donors (Lipinski definition) is 1. The highest BCUT2D eigenvalue weighted by atomic mass is 32.1. The van der Waals surface area contributed by atoms with Gasteiger partial charge in [-0.2, -0.15) is 0 Å². The molecule has 1 atom stereocenters. The Hall–Kier alpha value is -3.45. The van der Waals surface area contributed by atoms with E-state index in [0.717, 1.165) is 26.9 Å². The molecule has 3 heterocycles. The molecule has 4 aromatic rings. The number of aromatic nitrogens is 1. The fraction of sp³-hybridized carbons (Fsp3) is 0.231. The van der Waals surface area contributed by atoms with E-state index in [2.05, 4.69) is 5.32 Å². The number of amides is 2. The van der Waals surface area contributed by atoms with Gasteiger partial charge in [0.1, 0.15) is 21.9 Å². The molecule has 5 nitrogen and oxygen atoms in total. The van der Waals surface area contributed by atoms with Gasteiger partial charge in [0.15, 0.2) is 0 Å². The number of thiophene rings is 1. The summed E-state index contributed by atoms with van der Waals surface area (Å²) in [5.74, 6) is -0.721. The van der Waals surface area contributed by atoms with E-state index < -0.39 is 5.54 Å². The molecule has 0 saturated carbocycles. The van der Waals surface area contributed by atoms with Crippen LogP contribution in [0.1, 0.15) is 34.1 Å². The van der Waals surface area contributed by atoms with Crippen LogP contribution in [0.4, 0.5) is 4.39 Å². The molecule has 168 valence electrons. The number of fused-ring (bicyclic) bond motifs is 3. The third-order valence-electron chi connectivity index (χ3n) is 6.31. The van der Waals surface area contributed by atoms with Gasteiger partial charge in [0.05, 0.1) is 6.54 Å². The van der Waals surface area contributed by atoms with Crippen LogP contribution in [0.2, 0.25) is 0 Å². The maximum atomic E-state index is 13.7. The number of carbonyl (C=O) groups is 2. The molecule has 33 heavy (non-hydrogen) atoms. The highest BCUT2D eigenvalue weighted by molar-refractivity contribution is 7.16. The zero-order valence-corrected chi connectivity index (χ0v) is 19.3. The quantitative estimate of drug-likeness (QED) is 0.461. The molecule has 0 bridgehead atoms. The lowest BCUT2D eigenvalue weighted by Crippen LogP contribution is -2.63. The second-order valence-electron chi connectivity index (χ2n) is 8.76. The molecule has 1 aliphatic heterocycles. The number of nitrogens with one attached hydrogen (secondary N) is 1. The minimum atomic E-state index is -1.09. The van der Waals surface area contributed by atoms with Crippen molar-refractivity contribution in [1.29, 1.82) is 0 Å². The van der Waals surface area contributed by atoms with E-state index in [0.29, 0.717) is 18.8 Å². The minimum absolute atomic E-state index is 0.161. The standard InChI is InChI=1S/C26H24FN3O2S/c1-17-4-3-5-19(12-17)15-30-23(31)22-13-20-10-11-33-24(20)29(22)16-26(30,2)25(32)28-14-18-6-8-21(27)9-7-18/h3-13H,14-16H2,1-2H3,(H,28,32)/t26-/m0/s1. The molecule has 1 aliphatic rings. The first kappa shape index (κ1) is 21.4. The van der Waals surface area contributed by atoms with E-state index in [1.165, 1.54) is 12.1 Å². The summed E-state index contributed by atoms with van der Waals surface area (Å²) in [4.78, 5) is 30.0. The average Bonchev–Trinajstić information content (AvgIpc) is 3.38. The first-order valence-electron chi connectivity index (χ1n) is 10.8. The normalized spacial score (nSPS) is 17.9. The molecule has 0 aliphatic carbocycles. The summed E-state index contributed by atoms with van der Waals surface area (Å²) in [5, 5.41) is 5.98. The van der Waals surface area contributed by atoms with E-state index in [1.807, 2.05) is 60.2 Å². The maximum Gasteiger partial charge on any atom is 0.271 e. The van der Waals surface area contributed by atoms with Gasteiger partial charge in [-0.3, -0.25) is 9.59 Å². The van der Waals surface area contributed by atoms with Gasteiger partial charge in [-0.25, -0.2) is 4.39 Å². The van der Waals surface area contributed by atoms with E-state index in [-0.39, 0.29) is 24.2 Å². The van der Waals surface area contributed by atoms with Crippen LogP contribution >= 0.6 is 11.3 Å². The lowest BCUT2D eigenvalue weighted by atomic mass is 9.93. The Balaban J connectivity index is 1.50. The maximum absolute atomic E-state index is 13.7. The number of rotatable bonds is 5. The predicted octanol–water partition coefficient (Wildman–Crippen LogP) is 4.88. The first-order valence-corrected chi connectivity index (χ1v) is 11.7. The summed E-state index contributed by atoms with van der Waals surface area (Å²) in [6.07, 6.45) is 0. The number of halogens is 1. The van der Waals surface area contributed by atoms with Gasteiger partial charge in [-0.15, -0.1) is 11.3 Å². The number of aryl methyl sites for hydroxylation is 1. The third-order valence-corrected chi connectivity index (χ3v) is 7.26. The van der Waals surface area contributed by atoms with Crippen molar-refractivity contribution in [3.63, 3.8) is 0 Å². The molecule has 2 amide bonds. The summed E-state index contributed by atoms with van der Waals surface area (Å²) in [5.41, 5.74) is 2.38. The van der Waals surface area contributed by atoms with Crippen LogP contribution in [-0.4, -0.2) is 26.8 Å². The van der Waals surface area contributed by atoms with Crippen LogP contribution in [-0.2, 0) is 24.4 Å². The SMILES string of the molecule is Cc1cccc(CN2C(=O)c3cc4ccsc4n3C[C@@]2(C)C(=O)NCc2ccc(F)cc2)c1. The Bertz CT molecular complexity index is 1360. The van der Waals surface area contributed by atoms with E-state index in [1.54, 1.807) is 28.4 Å². The predicted molar refractivity (Wildman–Crippen MR) is 128 cm³/mol. The Morgan fingerprint density at radius 2 is 1.91 bits per heavy atom. The Labute approximate surface area is 195 Å². The van der Waals surface area contributed by atoms with Crippen molar-refractivity contribution in [3.8, 4) is 0 Å². The van der Waals surface area contributed by atoms with Crippen LogP contribution in [0.3, 0.4) is 0 Å². The Morgan fingerprint density at radius 3 is 2.67 bits per heavy atom. The van der Waals surface area contributed by atoms with E-state index in [4.69, 9.17) is 0 Å². The van der Waals surface area contributed by atoms with Gasteiger partial charge in [-0.05, 0) is 54.6 Å². The molecule has 0 fully saturated rings. The monoisotopic (exact) mass is 461 g/mol. The van der Waals surface area contributed by atoms with Crippen LogP contribution in [0.25, 0.3) is 10.2 Å². The summed E-state index contributed by atoms with van der Waals surface area (Å²) in [7, 11) is 0. The van der Waals surface area contributed by atoms with Gasteiger partial charge >= 0.3 is 0 Å².